The molecule has 0 unspecified atom stereocenters. The summed E-state index contributed by atoms with van der Waals surface area (Å²) >= 11 is 0. The number of phenols is 1. The normalized spacial score (nSPS) is 11.2. The Balaban J connectivity index is 1.74. The highest BCUT2D eigenvalue weighted by Gasteiger charge is 2.08. The van der Waals surface area contributed by atoms with E-state index in [4.69, 9.17) is 9.84 Å². The van der Waals surface area contributed by atoms with Crippen LogP contribution in [0.1, 0.15) is 22.3 Å². The summed E-state index contributed by atoms with van der Waals surface area (Å²) in [5.41, 5.74) is 3.63. The first-order chi connectivity index (χ1) is 14.1. The lowest BCUT2D eigenvalue weighted by Gasteiger charge is -2.12. The van der Waals surface area contributed by atoms with Gasteiger partial charge in [0.1, 0.15) is 6.61 Å². The maximum absolute atomic E-state index is 10.8. The fraction of sp³-hybridized carbons (Fsp3) is 0.0800. The Morgan fingerprint density at radius 2 is 1.55 bits per heavy atom. The van der Waals surface area contributed by atoms with Crippen LogP contribution in [-0.4, -0.2) is 16.2 Å². The van der Waals surface area contributed by atoms with E-state index in [-0.39, 0.29) is 5.75 Å². The summed E-state index contributed by atoms with van der Waals surface area (Å²) < 4.78 is 5.89. The van der Waals surface area contributed by atoms with Crippen LogP contribution in [0, 0.1) is 0 Å². The monoisotopic (exact) mass is 386 g/mol. The maximum Gasteiger partial charge on any atom is 0.328 e. The quantitative estimate of drug-likeness (QED) is 0.514. The molecule has 0 heterocycles. The summed E-state index contributed by atoms with van der Waals surface area (Å²) in [5.74, 6) is -0.402. The molecule has 0 amide bonds. The molecule has 0 radical (unpaired) electrons. The van der Waals surface area contributed by atoms with Crippen molar-refractivity contribution in [3.05, 3.63) is 107 Å². The highest BCUT2D eigenvalue weighted by Crippen LogP contribution is 2.31. The summed E-state index contributed by atoms with van der Waals surface area (Å²) in [7, 11) is 0. The van der Waals surface area contributed by atoms with Crippen LogP contribution < -0.4 is 4.74 Å². The van der Waals surface area contributed by atoms with Crippen molar-refractivity contribution in [3.63, 3.8) is 0 Å². The van der Waals surface area contributed by atoms with Crippen molar-refractivity contribution < 1.29 is 19.7 Å². The zero-order chi connectivity index (χ0) is 20.5. The Morgan fingerprint density at radius 3 is 2.28 bits per heavy atom. The van der Waals surface area contributed by atoms with Crippen molar-refractivity contribution >= 4 is 18.1 Å². The molecule has 0 bridgehead atoms. The van der Waals surface area contributed by atoms with Gasteiger partial charge in [-0.25, -0.2) is 4.79 Å². The van der Waals surface area contributed by atoms with Crippen molar-refractivity contribution in [1.29, 1.82) is 0 Å². The molecular weight excluding hydrogens is 364 g/mol. The Bertz CT molecular complexity index is 1020. The summed E-state index contributed by atoms with van der Waals surface area (Å²) in [5, 5.41) is 19.1. The van der Waals surface area contributed by atoms with Gasteiger partial charge in [0.25, 0.3) is 0 Å². The van der Waals surface area contributed by atoms with Gasteiger partial charge in [0.15, 0.2) is 11.5 Å². The zero-order valence-electron chi connectivity index (χ0n) is 15.9. The first-order valence-corrected chi connectivity index (χ1v) is 9.27. The summed E-state index contributed by atoms with van der Waals surface area (Å²) in [6.07, 6.45) is 7.17. The van der Waals surface area contributed by atoms with Crippen LogP contribution in [0.15, 0.2) is 84.9 Å². The number of hydrogen-bond acceptors (Lipinski definition) is 3. The van der Waals surface area contributed by atoms with E-state index in [1.54, 1.807) is 18.2 Å². The number of para-hydroxylation sites is 1. The number of carboxylic acid groups (broad SMARTS) is 1. The van der Waals surface area contributed by atoms with Crippen LogP contribution in [0.3, 0.4) is 0 Å². The highest BCUT2D eigenvalue weighted by molar-refractivity contribution is 5.86. The second kappa shape index (κ2) is 9.95. The van der Waals surface area contributed by atoms with E-state index in [0.717, 1.165) is 28.3 Å². The van der Waals surface area contributed by atoms with Crippen LogP contribution in [0.5, 0.6) is 11.5 Å². The van der Waals surface area contributed by atoms with Crippen molar-refractivity contribution in [2.45, 2.75) is 13.0 Å². The van der Waals surface area contributed by atoms with Gasteiger partial charge in [-0.2, -0.15) is 0 Å². The van der Waals surface area contributed by atoms with Crippen LogP contribution in [0.2, 0.25) is 0 Å². The number of hydrogen-bond donors (Lipinski definition) is 2. The molecule has 0 saturated heterocycles. The van der Waals surface area contributed by atoms with E-state index in [1.165, 1.54) is 0 Å². The highest BCUT2D eigenvalue weighted by atomic mass is 16.5. The number of rotatable bonds is 8. The Morgan fingerprint density at radius 1 is 0.862 bits per heavy atom. The predicted octanol–water partition coefficient (Wildman–Crippen LogP) is 5.32. The first-order valence-electron chi connectivity index (χ1n) is 9.27. The molecule has 0 aliphatic rings. The van der Waals surface area contributed by atoms with Gasteiger partial charge in [-0.1, -0.05) is 78.9 Å². The molecule has 2 N–H and O–H groups in total. The second-order valence-corrected chi connectivity index (χ2v) is 6.45. The third kappa shape index (κ3) is 5.84. The van der Waals surface area contributed by atoms with Crippen LogP contribution >= 0.6 is 0 Å². The van der Waals surface area contributed by atoms with E-state index < -0.39 is 5.97 Å². The number of aliphatic carboxylic acids is 1. The molecule has 0 aromatic heterocycles. The van der Waals surface area contributed by atoms with Crippen LogP contribution in [0.25, 0.3) is 12.2 Å². The maximum atomic E-state index is 10.8. The van der Waals surface area contributed by atoms with Crippen LogP contribution in [-0.2, 0) is 17.8 Å². The fourth-order valence-electron chi connectivity index (χ4n) is 2.92. The number of allylic oxidation sites excluding steroid dienone is 1. The molecule has 3 aromatic rings. The molecule has 4 heteroatoms. The van der Waals surface area contributed by atoms with Crippen molar-refractivity contribution in [2.24, 2.45) is 0 Å². The minimum atomic E-state index is -0.983. The molecule has 0 aliphatic heterocycles. The second-order valence-electron chi connectivity index (χ2n) is 6.45. The third-order valence-corrected chi connectivity index (χ3v) is 4.34. The predicted molar refractivity (Wildman–Crippen MR) is 115 cm³/mol. The van der Waals surface area contributed by atoms with E-state index in [9.17, 15) is 9.90 Å². The molecule has 0 saturated carbocycles. The van der Waals surface area contributed by atoms with Crippen molar-refractivity contribution in [1.82, 2.24) is 0 Å². The minimum Gasteiger partial charge on any atom is -0.504 e. The van der Waals surface area contributed by atoms with Gasteiger partial charge in [-0.3, -0.25) is 0 Å². The Hall–Kier alpha value is -3.79. The fourth-order valence-corrected chi connectivity index (χ4v) is 2.92. The van der Waals surface area contributed by atoms with E-state index in [2.05, 4.69) is 0 Å². The average Bonchev–Trinajstić information content (AvgIpc) is 2.73. The first kappa shape index (κ1) is 20.0. The average molecular weight is 386 g/mol. The largest absolute Gasteiger partial charge is 0.504 e. The van der Waals surface area contributed by atoms with Gasteiger partial charge in [0.2, 0.25) is 0 Å². The van der Waals surface area contributed by atoms with Gasteiger partial charge in [-0.05, 0) is 35.3 Å². The number of phenolic OH excluding ortho intramolecular Hbond substituents is 1. The topological polar surface area (TPSA) is 66.8 Å². The van der Waals surface area contributed by atoms with E-state index in [0.29, 0.717) is 18.8 Å². The van der Waals surface area contributed by atoms with E-state index >= 15 is 0 Å². The Kier molecular flexibility index (Phi) is 6.85. The zero-order valence-corrected chi connectivity index (χ0v) is 15.9. The SMILES string of the molecule is O=C(O)/C=C/c1ccccc1/C=C/Cc1cccc(O)c1OCc1ccccc1. The van der Waals surface area contributed by atoms with Crippen molar-refractivity contribution in [3.8, 4) is 11.5 Å². The van der Waals surface area contributed by atoms with Gasteiger partial charge in [0, 0.05) is 11.6 Å². The number of ether oxygens (including phenoxy) is 1. The summed E-state index contributed by atoms with van der Waals surface area (Å²) in [6, 6.07) is 22.7. The van der Waals surface area contributed by atoms with E-state index in [1.807, 2.05) is 72.8 Å². The van der Waals surface area contributed by atoms with Gasteiger partial charge in [-0.15, -0.1) is 0 Å². The lowest BCUT2D eigenvalue weighted by molar-refractivity contribution is -0.131. The molecule has 0 atom stereocenters. The van der Waals surface area contributed by atoms with Gasteiger partial charge < -0.3 is 14.9 Å². The molecule has 3 rings (SSSR count). The third-order valence-electron chi connectivity index (χ3n) is 4.34. The Labute approximate surface area is 170 Å². The van der Waals surface area contributed by atoms with Gasteiger partial charge in [0.05, 0.1) is 0 Å². The van der Waals surface area contributed by atoms with Crippen molar-refractivity contribution in [2.75, 3.05) is 0 Å². The molecule has 4 nitrogen and oxygen atoms in total. The lowest BCUT2D eigenvalue weighted by Crippen LogP contribution is -1.98. The van der Waals surface area contributed by atoms with Gasteiger partial charge >= 0.3 is 5.97 Å². The summed E-state index contributed by atoms with van der Waals surface area (Å²) in [6.45, 7) is 0.373. The number of benzene rings is 3. The smallest absolute Gasteiger partial charge is 0.328 e. The molecule has 29 heavy (non-hydrogen) atoms. The molecule has 3 aromatic carbocycles. The number of carboxylic acids is 1. The molecule has 0 aliphatic carbocycles. The number of carbonyl (C=O) groups is 1. The lowest BCUT2D eigenvalue weighted by atomic mass is 10.0. The molecular formula is C25H22O4. The molecule has 0 fully saturated rings. The summed E-state index contributed by atoms with van der Waals surface area (Å²) in [4.78, 5) is 10.8. The molecule has 146 valence electrons. The number of aromatic hydroxyl groups is 1. The standard InChI is InChI=1S/C25H22O4/c26-23-15-7-14-22(25(23)29-18-19-8-2-1-3-9-19)13-6-12-20-10-4-5-11-21(20)16-17-24(27)28/h1-12,14-17,26H,13,18H2,(H,27,28)/b12-6+,17-16+. The van der Waals surface area contributed by atoms with Crippen LogP contribution in [0.4, 0.5) is 0 Å². The minimum absolute atomic E-state index is 0.108. The molecule has 0 spiro atoms.